The number of nitrogens with zero attached hydrogens (tertiary/aromatic N) is 3. The maximum atomic E-state index is 12.5. The lowest BCUT2D eigenvalue weighted by Gasteiger charge is -2.18. The van der Waals surface area contributed by atoms with Crippen molar-refractivity contribution in [1.82, 2.24) is 14.5 Å². The molecule has 0 atom stereocenters. The summed E-state index contributed by atoms with van der Waals surface area (Å²) in [5.41, 5.74) is 0.649. The summed E-state index contributed by atoms with van der Waals surface area (Å²) in [6.07, 6.45) is 1.33. The lowest BCUT2D eigenvalue weighted by Crippen LogP contribution is -2.38. The predicted molar refractivity (Wildman–Crippen MR) is 110 cm³/mol. The number of aromatic nitrogens is 2. The molecule has 2 aromatic carbocycles. The van der Waals surface area contributed by atoms with E-state index in [1.54, 1.807) is 42.5 Å². The lowest BCUT2D eigenvalue weighted by atomic mass is 10.2. The highest BCUT2D eigenvalue weighted by molar-refractivity contribution is 6.31. The van der Waals surface area contributed by atoms with Crippen molar-refractivity contribution in [2.24, 2.45) is 0 Å². The quantitative estimate of drug-likeness (QED) is 0.667. The number of halogens is 1. The summed E-state index contributed by atoms with van der Waals surface area (Å²) in [6, 6.07) is 11.7. The van der Waals surface area contributed by atoms with Crippen molar-refractivity contribution in [1.29, 1.82) is 0 Å². The van der Waals surface area contributed by atoms with Crippen molar-refractivity contribution >= 4 is 40.0 Å². The van der Waals surface area contributed by atoms with Gasteiger partial charge >= 0.3 is 0 Å². The molecule has 0 aliphatic carbocycles. The number of carbonyl (C=O) groups excluding carboxylic acids is 2. The lowest BCUT2D eigenvalue weighted by molar-refractivity contribution is -0.133. The number of anilines is 1. The van der Waals surface area contributed by atoms with E-state index in [0.717, 1.165) is 0 Å². The van der Waals surface area contributed by atoms with Crippen molar-refractivity contribution in [2.75, 3.05) is 26.0 Å². The topological polar surface area (TPSA) is 93.5 Å². The van der Waals surface area contributed by atoms with Crippen LogP contribution in [0.2, 0.25) is 5.02 Å². The van der Waals surface area contributed by atoms with Gasteiger partial charge in [0.15, 0.2) is 0 Å². The number of carbonyl (C=O) groups is 2. The minimum Gasteiger partial charge on any atom is -0.495 e. The van der Waals surface area contributed by atoms with E-state index in [2.05, 4.69) is 10.3 Å². The van der Waals surface area contributed by atoms with Gasteiger partial charge in [-0.2, -0.15) is 0 Å². The van der Waals surface area contributed by atoms with Crippen LogP contribution in [-0.2, 0) is 16.1 Å². The largest absolute Gasteiger partial charge is 0.495 e. The third-order valence-electron chi connectivity index (χ3n) is 4.28. The predicted octanol–water partition coefficient (Wildman–Crippen LogP) is 2.16. The summed E-state index contributed by atoms with van der Waals surface area (Å²) < 4.78 is 6.40. The number of nitrogens with one attached hydrogen (secondary N) is 1. The van der Waals surface area contributed by atoms with E-state index in [-0.39, 0.29) is 18.6 Å². The molecule has 1 aromatic heterocycles. The molecule has 0 bridgehead atoms. The summed E-state index contributed by atoms with van der Waals surface area (Å²) in [5, 5.41) is 3.53. The zero-order valence-corrected chi connectivity index (χ0v) is 16.6. The zero-order valence-electron chi connectivity index (χ0n) is 15.9. The molecule has 0 fully saturated rings. The first kappa shape index (κ1) is 20.3. The van der Waals surface area contributed by atoms with Gasteiger partial charge in [-0.05, 0) is 30.3 Å². The molecular weight excluding hydrogens is 396 g/mol. The van der Waals surface area contributed by atoms with Crippen molar-refractivity contribution in [3.63, 3.8) is 0 Å². The van der Waals surface area contributed by atoms with Gasteiger partial charge in [-0.25, -0.2) is 4.98 Å². The second kappa shape index (κ2) is 8.74. The highest BCUT2D eigenvalue weighted by Crippen LogP contribution is 2.27. The third kappa shape index (κ3) is 4.72. The van der Waals surface area contributed by atoms with Crippen LogP contribution < -0.4 is 15.6 Å². The van der Waals surface area contributed by atoms with E-state index in [1.807, 2.05) is 0 Å². The zero-order chi connectivity index (χ0) is 21.0. The Balaban J connectivity index is 1.67. The Morgan fingerprint density at radius 3 is 2.76 bits per heavy atom. The number of benzene rings is 2. The summed E-state index contributed by atoms with van der Waals surface area (Å²) in [7, 11) is 2.96. The van der Waals surface area contributed by atoms with Gasteiger partial charge in [0, 0.05) is 12.1 Å². The molecule has 0 aliphatic heterocycles. The fourth-order valence-electron chi connectivity index (χ4n) is 2.76. The first-order chi connectivity index (χ1) is 13.9. The number of amides is 2. The van der Waals surface area contributed by atoms with Crippen LogP contribution in [0.25, 0.3) is 10.9 Å². The van der Waals surface area contributed by atoms with Crippen LogP contribution >= 0.6 is 11.6 Å². The molecule has 9 heteroatoms. The normalized spacial score (nSPS) is 10.6. The number of rotatable bonds is 6. The van der Waals surface area contributed by atoms with Crippen molar-refractivity contribution in [3.05, 3.63) is 64.2 Å². The highest BCUT2D eigenvalue weighted by Gasteiger charge is 2.16. The van der Waals surface area contributed by atoms with Crippen LogP contribution in [0.15, 0.2) is 53.6 Å². The average molecular weight is 415 g/mol. The van der Waals surface area contributed by atoms with Crippen molar-refractivity contribution in [3.8, 4) is 5.75 Å². The average Bonchev–Trinajstić information content (AvgIpc) is 2.70. The van der Waals surface area contributed by atoms with Gasteiger partial charge in [0.25, 0.3) is 5.56 Å². The Bertz CT molecular complexity index is 1130. The molecule has 0 saturated carbocycles. The molecule has 0 saturated heterocycles. The van der Waals surface area contributed by atoms with Gasteiger partial charge in [0.1, 0.15) is 12.3 Å². The second-order valence-electron chi connectivity index (χ2n) is 6.34. The Hall–Kier alpha value is -3.39. The number of hydrogen-bond donors (Lipinski definition) is 1. The van der Waals surface area contributed by atoms with E-state index in [4.69, 9.17) is 16.3 Å². The van der Waals surface area contributed by atoms with Crippen LogP contribution in [0.3, 0.4) is 0 Å². The molecule has 0 spiro atoms. The van der Waals surface area contributed by atoms with E-state index >= 15 is 0 Å². The van der Waals surface area contributed by atoms with E-state index in [9.17, 15) is 14.4 Å². The fourth-order valence-corrected chi connectivity index (χ4v) is 2.93. The molecule has 2 amide bonds. The number of para-hydroxylation sites is 1. The maximum Gasteiger partial charge on any atom is 0.261 e. The monoisotopic (exact) mass is 414 g/mol. The Morgan fingerprint density at radius 2 is 2.00 bits per heavy atom. The third-order valence-corrected chi connectivity index (χ3v) is 4.51. The Kier molecular flexibility index (Phi) is 6.13. The van der Waals surface area contributed by atoms with Crippen LogP contribution in [-0.4, -0.2) is 47.0 Å². The van der Waals surface area contributed by atoms with Crippen LogP contribution in [0.4, 0.5) is 5.69 Å². The van der Waals surface area contributed by atoms with Gasteiger partial charge in [-0.3, -0.25) is 19.0 Å². The Morgan fingerprint density at radius 1 is 1.24 bits per heavy atom. The van der Waals surface area contributed by atoms with Crippen molar-refractivity contribution in [2.45, 2.75) is 6.54 Å². The maximum absolute atomic E-state index is 12.5. The molecule has 3 rings (SSSR count). The van der Waals surface area contributed by atoms with Crippen molar-refractivity contribution < 1.29 is 14.3 Å². The molecule has 29 heavy (non-hydrogen) atoms. The summed E-state index contributed by atoms with van der Waals surface area (Å²) in [4.78, 5) is 42.7. The molecular formula is C20H19ClN4O4. The first-order valence-corrected chi connectivity index (χ1v) is 9.08. The van der Waals surface area contributed by atoms with Crippen LogP contribution in [0.1, 0.15) is 0 Å². The van der Waals surface area contributed by atoms with E-state index in [0.29, 0.717) is 27.4 Å². The number of methoxy groups -OCH3 is 1. The summed E-state index contributed by atoms with van der Waals surface area (Å²) >= 11 is 5.95. The molecule has 0 radical (unpaired) electrons. The van der Waals surface area contributed by atoms with Gasteiger partial charge in [0.2, 0.25) is 11.8 Å². The molecule has 150 valence electrons. The van der Waals surface area contributed by atoms with Crippen LogP contribution in [0, 0.1) is 0 Å². The summed E-state index contributed by atoms with van der Waals surface area (Å²) in [6.45, 7) is -0.425. The van der Waals surface area contributed by atoms with E-state index < -0.39 is 11.8 Å². The number of hydrogen-bond acceptors (Lipinski definition) is 5. The smallest absolute Gasteiger partial charge is 0.261 e. The highest BCUT2D eigenvalue weighted by atomic mass is 35.5. The van der Waals surface area contributed by atoms with Gasteiger partial charge in [0.05, 0.1) is 36.6 Å². The molecule has 1 heterocycles. The second-order valence-corrected chi connectivity index (χ2v) is 6.77. The molecule has 0 aliphatic rings. The fraction of sp³-hybridized carbons (Fsp3) is 0.200. The number of fused-ring (bicyclic) bond motifs is 1. The Labute approximate surface area is 171 Å². The van der Waals surface area contributed by atoms with Gasteiger partial charge in [-0.1, -0.05) is 23.7 Å². The van der Waals surface area contributed by atoms with Crippen LogP contribution in [0.5, 0.6) is 5.75 Å². The van der Waals surface area contributed by atoms with E-state index in [1.165, 1.54) is 30.0 Å². The number of likely N-dealkylation sites (N-methyl/N-ethyl adjacent to an activating group) is 1. The number of ether oxygens (including phenoxy) is 1. The van der Waals surface area contributed by atoms with Gasteiger partial charge in [-0.15, -0.1) is 0 Å². The standard InChI is InChI=1S/C20H19ClN4O4/c1-24(10-18(26)23-16-9-13(21)7-8-17(16)29-2)19(27)11-25-12-22-15-6-4-3-5-14(15)20(25)28/h3-9,12H,10-11H2,1-2H3,(H,23,26). The SMILES string of the molecule is COc1ccc(Cl)cc1NC(=O)CN(C)C(=O)Cn1cnc2ccccc2c1=O. The molecule has 3 aromatic rings. The first-order valence-electron chi connectivity index (χ1n) is 8.70. The molecule has 1 N–H and O–H groups in total. The molecule has 0 unspecified atom stereocenters. The minimum atomic E-state index is -0.426. The summed E-state index contributed by atoms with van der Waals surface area (Å²) in [5.74, 6) is -0.381. The minimum absolute atomic E-state index is 0.204. The molecule has 8 nitrogen and oxygen atoms in total. The van der Waals surface area contributed by atoms with Gasteiger partial charge < -0.3 is 15.0 Å².